The largest absolute Gasteiger partial charge is 0.306 e. The maximum Gasteiger partial charge on any atom is 0.266 e. The van der Waals surface area contributed by atoms with Crippen LogP contribution < -0.4 is 5.32 Å². The van der Waals surface area contributed by atoms with Gasteiger partial charge in [-0.3, -0.25) is 4.79 Å². The maximum absolute atomic E-state index is 11.7. The first-order chi connectivity index (χ1) is 7.65. The van der Waals surface area contributed by atoms with Gasteiger partial charge in [-0.15, -0.1) is 11.3 Å². The first-order valence-electron chi connectivity index (χ1n) is 4.33. The third-order valence-corrected chi connectivity index (χ3v) is 3.22. The Labute approximate surface area is 106 Å². The van der Waals surface area contributed by atoms with Crippen molar-refractivity contribution in [2.75, 3.05) is 5.32 Å². The predicted molar refractivity (Wildman–Crippen MR) is 66.5 cm³/mol. The van der Waals surface area contributed by atoms with Gasteiger partial charge in [0, 0.05) is 6.20 Å². The molecule has 0 aliphatic carbocycles. The lowest BCUT2D eigenvalue weighted by molar-refractivity contribution is 0.103. The lowest BCUT2D eigenvalue weighted by atomic mass is 10.4. The molecule has 0 bridgehead atoms. The SMILES string of the molecule is O=C(Nc1ccc(Cl)cn1)c1ccc(Cl)s1. The van der Waals surface area contributed by atoms with E-state index in [1.807, 2.05) is 0 Å². The van der Waals surface area contributed by atoms with Crippen molar-refractivity contribution < 1.29 is 4.79 Å². The van der Waals surface area contributed by atoms with Crippen molar-refractivity contribution in [2.24, 2.45) is 0 Å². The van der Waals surface area contributed by atoms with Crippen LogP contribution >= 0.6 is 34.5 Å². The molecule has 0 fully saturated rings. The van der Waals surface area contributed by atoms with E-state index in [0.29, 0.717) is 20.1 Å². The van der Waals surface area contributed by atoms with Crippen LogP contribution in [-0.2, 0) is 0 Å². The van der Waals surface area contributed by atoms with Gasteiger partial charge in [-0.1, -0.05) is 23.2 Å². The minimum Gasteiger partial charge on any atom is -0.306 e. The molecule has 2 aromatic heterocycles. The Hall–Kier alpha value is -1.10. The average molecular weight is 273 g/mol. The van der Waals surface area contributed by atoms with Crippen molar-refractivity contribution in [1.82, 2.24) is 4.98 Å². The van der Waals surface area contributed by atoms with E-state index in [2.05, 4.69) is 10.3 Å². The highest BCUT2D eigenvalue weighted by molar-refractivity contribution is 7.18. The Morgan fingerprint density at radius 2 is 2.06 bits per heavy atom. The van der Waals surface area contributed by atoms with Gasteiger partial charge in [-0.25, -0.2) is 4.98 Å². The Kier molecular flexibility index (Phi) is 3.43. The van der Waals surface area contributed by atoms with Gasteiger partial charge >= 0.3 is 0 Å². The second-order valence-corrected chi connectivity index (χ2v) is 5.07. The number of nitrogens with one attached hydrogen (secondary N) is 1. The van der Waals surface area contributed by atoms with Gasteiger partial charge in [-0.2, -0.15) is 0 Å². The summed E-state index contributed by atoms with van der Waals surface area (Å²) in [6.07, 6.45) is 1.47. The summed E-state index contributed by atoms with van der Waals surface area (Å²) in [4.78, 5) is 16.2. The summed E-state index contributed by atoms with van der Waals surface area (Å²) >= 11 is 12.6. The number of aromatic nitrogens is 1. The summed E-state index contributed by atoms with van der Waals surface area (Å²) in [5.41, 5.74) is 0. The van der Waals surface area contributed by atoms with E-state index in [-0.39, 0.29) is 5.91 Å². The third-order valence-electron chi connectivity index (χ3n) is 1.77. The van der Waals surface area contributed by atoms with Crippen LogP contribution in [0.4, 0.5) is 5.82 Å². The monoisotopic (exact) mass is 272 g/mol. The zero-order valence-electron chi connectivity index (χ0n) is 7.91. The molecule has 0 aromatic carbocycles. The number of nitrogens with zero attached hydrogens (tertiary/aromatic N) is 1. The summed E-state index contributed by atoms with van der Waals surface area (Å²) < 4.78 is 0.578. The number of hydrogen-bond acceptors (Lipinski definition) is 3. The molecule has 2 aromatic rings. The number of anilines is 1. The first-order valence-corrected chi connectivity index (χ1v) is 5.90. The molecular formula is C10H6Cl2N2OS. The second kappa shape index (κ2) is 4.82. The van der Waals surface area contributed by atoms with Crippen LogP contribution in [0.2, 0.25) is 9.36 Å². The Morgan fingerprint density at radius 3 is 2.62 bits per heavy atom. The number of carbonyl (C=O) groups is 1. The number of carbonyl (C=O) groups excluding carboxylic acids is 1. The molecule has 3 nitrogen and oxygen atoms in total. The van der Waals surface area contributed by atoms with Crippen LogP contribution in [0.15, 0.2) is 30.5 Å². The standard InChI is InChI=1S/C10H6Cl2N2OS/c11-6-1-4-9(13-5-6)14-10(15)7-2-3-8(12)16-7/h1-5H,(H,13,14,15). The summed E-state index contributed by atoms with van der Waals surface area (Å²) in [6.45, 7) is 0. The van der Waals surface area contributed by atoms with E-state index < -0.39 is 0 Å². The Morgan fingerprint density at radius 1 is 1.25 bits per heavy atom. The number of hydrogen-bond donors (Lipinski definition) is 1. The van der Waals surface area contributed by atoms with Gasteiger partial charge in [0.1, 0.15) is 5.82 Å². The van der Waals surface area contributed by atoms with Crippen molar-refractivity contribution in [2.45, 2.75) is 0 Å². The van der Waals surface area contributed by atoms with Crippen molar-refractivity contribution >= 4 is 46.3 Å². The van der Waals surface area contributed by atoms with Gasteiger partial charge in [0.15, 0.2) is 0 Å². The minimum atomic E-state index is -0.230. The molecule has 0 aliphatic rings. The van der Waals surface area contributed by atoms with Crippen LogP contribution in [0, 0.1) is 0 Å². The van der Waals surface area contributed by atoms with E-state index >= 15 is 0 Å². The number of halogens is 2. The van der Waals surface area contributed by atoms with Gasteiger partial charge < -0.3 is 5.32 Å². The van der Waals surface area contributed by atoms with Gasteiger partial charge in [-0.05, 0) is 24.3 Å². The second-order valence-electron chi connectivity index (χ2n) is 2.92. The number of thiophene rings is 1. The summed E-state index contributed by atoms with van der Waals surface area (Å²) in [6, 6.07) is 6.63. The molecule has 0 unspecified atom stereocenters. The quantitative estimate of drug-likeness (QED) is 0.906. The topological polar surface area (TPSA) is 42.0 Å². The Balaban J connectivity index is 2.10. The highest BCUT2D eigenvalue weighted by Crippen LogP contribution is 2.22. The van der Waals surface area contributed by atoms with Crippen LogP contribution in [0.25, 0.3) is 0 Å². The molecule has 0 spiro atoms. The first kappa shape index (κ1) is 11.4. The summed E-state index contributed by atoms with van der Waals surface area (Å²) in [7, 11) is 0. The molecule has 6 heteroatoms. The Bertz CT molecular complexity index is 510. The lowest BCUT2D eigenvalue weighted by Gasteiger charge is -2.01. The normalized spacial score (nSPS) is 10.1. The van der Waals surface area contributed by atoms with Crippen molar-refractivity contribution in [3.05, 3.63) is 44.7 Å². The fourth-order valence-corrected chi connectivity index (χ4v) is 2.11. The fraction of sp³-hybridized carbons (Fsp3) is 0. The third kappa shape index (κ3) is 2.72. The van der Waals surface area contributed by atoms with Gasteiger partial charge in [0.05, 0.1) is 14.2 Å². The van der Waals surface area contributed by atoms with Crippen LogP contribution in [-0.4, -0.2) is 10.9 Å². The summed E-state index contributed by atoms with van der Waals surface area (Å²) in [5, 5.41) is 3.17. The molecule has 1 amide bonds. The van der Waals surface area contributed by atoms with E-state index in [0.717, 1.165) is 0 Å². The van der Waals surface area contributed by atoms with Crippen LogP contribution in [0.3, 0.4) is 0 Å². The highest BCUT2D eigenvalue weighted by atomic mass is 35.5. The smallest absolute Gasteiger partial charge is 0.266 e. The summed E-state index contributed by atoms with van der Waals surface area (Å²) in [5.74, 6) is 0.227. The van der Waals surface area contributed by atoms with E-state index in [1.54, 1.807) is 24.3 Å². The molecule has 1 N–H and O–H groups in total. The molecule has 0 aliphatic heterocycles. The van der Waals surface area contributed by atoms with E-state index in [9.17, 15) is 4.79 Å². The molecule has 0 radical (unpaired) electrons. The minimum absolute atomic E-state index is 0.230. The molecule has 16 heavy (non-hydrogen) atoms. The van der Waals surface area contributed by atoms with Crippen molar-refractivity contribution in [3.8, 4) is 0 Å². The maximum atomic E-state index is 11.7. The molecule has 0 saturated heterocycles. The molecule has 2 heterocycles. The van der Waals surface area contributed by atoms with Crippen molar-refractivity contribution in [1.29, 1.82) is 0 Å². The van der Waals surface area contributed by atoms with Gasteiger partial charge in [0.25, 0.3) is 5.91 Å². The molecule has 2 rings (SSSR count). The molecule has 0 atom stereocenters. The zero-order valence-corrected chi connectivity index (χ0v) is 10.2. The van der Waals surface area contributed by atoms with E-state index in [1.165, 1.54) is 17.5 Å². The molecule has 0 saturated carbocycles. The number of rotatable bonds is 2. The lowest BCUT2D eigenvalue weighted by Crippen LogP contribution is -2.10. The predicted octanol–water partition coefficient (Wildman–Crippen LogP) is 3.70. The average Bonchev–Trinajstić information content (AvgIpc) is 2.68. The number of amides is 1. The zero-order chi connectivity index (χ0) is 11.5. The van der Waals surface area contributed by atoms with E-state index in [4.69, 9.17) is 23.2 Å². The van der Waals surface area contributed by atoms with Crippen LogP contribution in [0.5, 0.6) is 0 Å². The highest BCUT2D eigenvalue weighted by Gasteiger charge is 2.09. The molecular weight excluding hydrogens is 267 g/mol. The van der Waals surface area contributed by atoms with Crippen LogP contribution in [0.1, 0.15) is 9.67 Å². The fourth-order valence-electron chi connectivity index (χ4n) is 1.06. The van der Waals surface area contributed by atoms with Crippen molar-refractivity contribution in [3.63, 3.8) is 0 Å². The molecule has 82 valence electrons. The number of pyridine rings is 1. The van der Waals surface area contributed by atoms with Gasteiger partial charge in [0.2, 0.25) is 0 Å².